The van der Waals surface area contributed by atoms with E-state index in [2.05, 4.69) is 21.0 Å². The predicted octanol–water partition coefficient (Wildman–Crippen LogP) is 2.27. The van der Waals surface area contributed by atoms with Gasteiger partial charge in [0.2, 0.25) is 0 Å². The van der Waals surface area contributed by atoms with Crippen LogP contribution in [0, 0.1) is 0 Å². The van der Waals surface area contributed by atoms with Crippen molar-refractivity contribution in [2.24, 2.45) is 0 Å². The average Bonchev–Trinajstić information content (AvgIpc) is 2.09. The molecule has 13 heavy (non-hydrogen) atoms. The summed E-state index contributed by atoms with van der Waals surface area (Å²) in [5.41, 5.74) is 0. The number of hydrogen-bond donors (Lipinski definition) is 1. The SMILES string of the molecule is CCCCCCCCCC[NH+](C)C. The van der Waals surface area contributed by atoms with Crippen LogP contribution in [0.15, 0.2) is 0 Å². The molecule has 80 valence electrons. The lowest BCUT2D eigenvalue weighted by Crippen LogP contribution is -3.05. The summed E-state index contributed by atoms with van der Waals surface area (Å²) in [5.74, 6) is 0. The fraction of sp³-hybridized carbons (Fsp3) is 1.00. The van der Waals surface area contributed by atoms with Gasteiger partial charge >= 0.3 is 0 Å². The fourth-order valence-electron chi connectivity index (χ4n) is 1.61. The van der Waals surface area contributed by atoms with Crippen LogP contribution in [0.1, 0.15) is 58.3 Å². The first-order valence-corrected chi connectivity index (χ1v) is 6.06. The van der Waals surface area contributed by atoms with Gasteiger partial charge in [0, 0.05) is 0 Å². The van der Waals surface area contributed by atoms with Crippen LogP contribution in [0.4, 0.5) is 0 Å². The number of hydrogen-bond acceptors (Lipinski definition) is 0. The summed E-state index contributed by atoms with van der Waals surface area (Å²) in [6.07, 6.45) is 11.5. The zero-order chi connectivity index (χ0) is 9.94. The molecule has 0 aliphatic heterocycles. The number of quaternary nitrogens is 1. The molecule has 0 aliphatic rings. The van der Waals surface area contributed by atoms with Crippen molar-refractivity contribution in [2.45, 2.75) is 58.3 Å². The molecule has 0 saturated carbocycles. The molecule has 0 aliphatic carbocycles. The summed E-state index contributed by atoms with van der Waals surface area (Å²) in [7, 11) is 4.47. The van der Waals surface area contributed by atoms with Crippen molar-refractivity contribution in [2.75, 3.05) is 20.6 Å². The van der Waals surface area contributed by atoms with Gasteiger partial charge < -0.3 is 4.90 Å². The highest BCUT2D eigenvalue weighted by Crippen LogP contribution is 2.07. The van der Waals surface area contributed by atoms with E-state index in [1.807, 2.05) is 0 Å². The second kappa shape index (κ2) is 10.0. The zero-order valence-corrected chi connectivity index (χ0v) is 9.86. The van der Waals surface area contributed by atoms with Gasteiger partial charge in [-0.05, 0) is 12.8 Å². The fourth-order valence-corrected chi connectivity index (χ4v) is 1.61. The maximum atomic E-state index is 2.28. The van der Waals surface area contributed by atoms with Crippen molar-refractivity contribution >= 4 is 0 Å². The molecule has 0 unspecified atom stereocenters. The molecule has 0 spiro atoms. The van der Waals surface area contributed by atoms with Crippen LogP contribution in [-0.2, 0) is 0 Å². The molecule has 0 aromatic heterocycles. The average molecular weight is 186 g/mol. The minimum Gasteiger partial charge on any atom is -0.340 e. The lowest BCUT2D eigenvalue weighted by Gasteiger charge is -2.06. The van der Waals surface area contributed by atoms with Crippen LogP contribution in [0.2, 0.25) is 0 Å². The Bertz CT molecular complexity index is 89.1. The van der Waals surface area contributed by atoms with E-state index in [1.54, 1.807) is 4.90 Å². The maximum absolute atomic E-state index is 2.28. The first-order chi connectivity index (χ1) is 6.27. The van der Waals surface area contributed by atoms with Crippen molar-refractivity contribution in [3.8, 4) is 0 Å². The number of unbranched alkanes of at least 4 members (excludes halogenated alkanes) is 7. The molecule has 1 nitrogen and oxygen atoms in total. The molecule has 0 aromatic rings. The molecule has 0 bridgehead atoms. The molecule has 1 N–H and O–H groups in total. The van der Waals surface area contributed by atoms with Crippen LogP contribution in [0.5, 0.6) is 0 Å². The lowest BCUT2D eigenvalue weighted by atomic mass is 10.1. The van der Waals surface area contributed by atoms with Gasteiger partial charge in [0.15, 0.2) is 0 Å². The summed E-state index contributed by atoms with van der Waals surface area (Å²) in [4.78, 5) is 1.59. The van der Waals surface area contributed by atoms with E-state index in [0.29, 0.717) is 0 Å². The molecule has 1 heteroatoms. The Morgan fingerprint density at radius 2 is 1.15 bits per heavy atom. The highest BCUT2D eigenvalue weighted by molar-refractivity contribution is 4.44. The Hall–Kier alpha value is -0.0400. The van der Waals surface area contributed by atoms with E-state index in [-0.39, 0.29) is 0 Å². The van der Waals surface area contributed by atoms with Gasteiger partial charge in [-0.2, -0.15) is 0 Å². The van der Waals surface area contributed by atoms with Crippen LogP contribution in [0.25, 0.3) is 0 Å². The highest BCUT2D eigenvalue weighted by Gasteiger charge is 1.94. The molecule has 0 rings (SSSR count). The Morgan fingerprint density at radius 1 is 0.692 bits per heavy atom. The van der Waals surface area contributed by atoms with E-state index >= 15 is 0 Å². The van der Waals surface area contributed by atoms with E-state index in [9.17, 15) is 0 Å². The quantitative estimate of drug-likeness (QED) is 0.527. The third-order valence-corrected chi connectivity index (χ3v) is 2.53. The molecule has 0 heterocycles. The van der Waals surface area contributed by atoms with Gasteiger partial charge in [-0.1, -0.05) is 45.4 Å². The van der Waals surface area contributed by atoms with E-state index in [1.165, 1.54) is 57.9 Å². The minimum atomic E-state index is 1.34. The van der Waals surface area contributed by atoms with Crippen LogP contribution >= 0.6 is 0 Å². The topological polar surface area (TPSA) is 4.44 Å². The van der Waals surface area contributed by atoms with Crippen molar-refractivity contribution < 1.29 is 4.90 Å². The Kier molecular flexibility index (Phi) is 10.0. The first kappa shape index (κ1) is 13.0. The largest absolute Gasteiger partial charge is 0.340 e. The summed E-state index contributed by atoms with van der Waals surface area (Å²) in [5, 5.41) is 0. The highest BCUT2D eigenvalue weighted by atomic mass is 15.0. The molecule has 0 amide bonds. The zero-order valence-electron chi connectivity index (χ0n) is 9.86. The Morgan fingerprint density at radius 3 is 1.62 bits per heavy atom. The van der Waals surface area contributed by atoms with E-state index < -0.39 is 0 Å². The van der Waals surface area contributed by atoms with Gasteiger partial charge in [0.1, 0.15) is 0 Å². The maximum Gasteiger partial charge on any atom is 0.0766 e. The van der Waals surface area contributed by atoms with Gasteiger partial charge in [-0.25, -0.2) is 0 Å². The monoisotopic (exact) mass is 186 g/mol. The molecule has 0 atom stereocenters. The van der Waals surface area contributed by atoms with Gasteiger partial charge in [0.05, 0.1) is 20.6 Å². The van der Waals surface area contributed by atoms with E-state index in [0.717, 1.165) is 0 Å². The van der Waals surface area contributed by atoms with Crippen LogP contribution < -0.4 is 4.90 Å². The summed E-state index contributed by atoms with van der Waals surface area (Å²) < 4.78 is 0. The second-order valence-electron chi connectivity index (χ2n) is 4.43. The minimum absolute atomic E-state index is 1.34. The van der Waals surface area contributed by atoms with Crippen LogP contribution in [0.3, 0.4) is 0 Å². The smallest absolute Gasteiger partial charge is 0.0766 e. The molecular formula is C12H28N+. The van der Waals surface area contributed by atoms with Crippen molar-refractivity contribution in [1.82, 2.24) is 0 Å². The lowest BCUT2D eigenvalue weighted by molar-refractivity contribution is -0.858. The third-order valence-electron chi connectivity index (χ3n) is 2.53. The normalized spacial score (nSPS) is 11.1. The second-order valence-corrected chi connectivity index (χ2v) is 4.43. The molecule has 0 saturated heterocycles. The summed E-state index contributed by atoms with van der Waals surface area (Å²) in [6, 6.07) is 0. The Balaban J connectivity index is 2.84. The standard InChI is InChI=1S/C12H27N/c1-4-5-6-7-8-9-10-11-12-13(2)3/h4-12H2,1-3H3/p+1. The van der Waals surface area contributed by atoms with Crippen molar-refractivity contribution in [3.05, 3.63) is 0 Å². The first-order valence-electron chi connectivity index (χ1n) is 6.06. The summed E-state index contributed by atoms with van der Waals surface area (Å²) in [6.45, 7) is 3.62. The van der Waals surface area contributed by atoms with Gasteiger partial charge in [-0.15, -0.1) is 0 Å². The van der Waals surface area contributed by atoms with Crippen molar-refractivity contribution in [3.63, 3.8) is 0 Å². The molecule has 0 aromatic carbocycles. The molecule has 0 fully saturated rings. The molecule has 0 radical (unpaired) electrons. The predicted molar refractivity (Wildman–Crippen MR) is 60.3 cm³/mol. The van der Waals surface area contributed by atoms with E-state index in [4.69, 9.17) is 0 Å². The Labute approximate surface area is 84.5 Å². The molecular weight excluding hydrogens is 158 g/mol. The third kappa shape index (κ3) is 12.0. The number of rotatable bonds is 9. The summed E-state index contributed by atoms with van der Waals surface area (Å²) >= 11 is 0. The van der Waals surface area contributed by atoms with Gasteiger partial charge in [0.25, 0.3) is 0 Å². The van der Waals surface area contributed by atoms with Crippen molar-refractivity contribution in [1.29, 1.82) is 0 Å². The van der Waals surface area contributed by atoms with Crippen LogP contribution in [-0.4, -0.2) is 20.6 Å². The van der Waals surface area contributed by atoms with Gasteiger partial charge in [-0.3, -0.25) is 0 Å². The number of nitrogens with one attached hydrogen (secondary N) is 1.